The van der Waals surface area contributed by atoms with Crippen LogP contribution < -0.4 is 5.32 Å². The van der Waals surface area contributed by atoms with E-state index in [-0.39, 0.29) is 12.5 Å². The van der Waals surface area contributed by atoms with Crippen molar-refractivity contribution in [2.24, 2.45) is 11.8 Å². The van der Waals surface area contributed by atoms with Gasteiger partial charge in [0.2, 0.25) is 5.91 Å². The molecule has 0 saturated heterocycles. The minimum absolute atomic E-state index is 0.115. The van der Waals surface area contributed by atoms with Gasteiger partial charge < -0.3 is 15.5 Å². The summed E-state index contributed by atoms with van der Waals surface area (Å²) in [5, 5.41) is 21.3. The molecular weight excluding hydrogens is 234 g/mol. The van der Waals surface area contributed by atoms with Gasteiger partial charge in [-0.3, -0.25) is 9.59 Å². The van der Waals surface area contributed by atoms with E-state index in [2.05, 4.69) is 5.32 Å². The molecule has 0 aromatic heterocycles. The van der Waals surface area contributed by atoms with Gasteiger partial charge in [0.1, 0.15) is 0 Å². The van der Waals surface area contributed by atoms with Crippen molar-refractivity contribution in [1.29, 1.82) is 0 Å². The fourth-order valence-electron chi connectivity index (χ4n) is 2.61. The zero-order valence-electron chi connectivity index (χ0n) is 11.1. The van der Waals surface area contributed by atoms with Crippen molar-refractivity contribution >= 4 is 11.9 Å². The lowest BCUT2D eigenvalue weighted by Crippen LogP contribution is -2.53. The van der Waals surface area contributed by atoms with Gasteiger partial charge in [-0.05, 0) is 25.7 Å². The summed E-state index contributed by atoms with van der Waals surface area (Å²) < 4.78 is 0. The highest BCUT2D eigenvalue weighted by atomic mass is 16.4. The van der Waals surface area contributed by atoms with E-state index in [4.69, 9.17) is 5.11 Å². The van der Waals surface area contributed by atoms with Crippen LogP contribution in [0.4, 0.5) is 0 Å². The topological polar surface area (TPSA) is 86.6 Å². The van der Waals surface area contributed by atoms with Crippen molar-refractivity contribution in [2.75, 3.05) is 6.61 Å². The van der Waals surface area contributed by atoms with Crippen molar-refractivity contribution in [3.63, 3.8) is 0 Å². The molecule has 0 bridgehead atoms. The predicted octanol–water partition coefficient (Wildman–Crippen LogP) is 1.15. The maximum atomic E-state index is 12.2. The predicted molar refractivity (Wildman–Crippen MR) is 67.0 cm³/mol. The highest BCUT2D eigenvalue weighted by molar-refractivity contribution is 5.85. The summed E-state index contributed by atoms with van der Waals surface area (Å²) in [7, 11) is 0. The second-order valence-corrected chi connectivity index (χ2v) is 5.12. The number of aliphatic hydroxyl groups is 1. The summed E-state index contributed by atoms with van der Waals surface area (Å²) in [6, 6.07) is 0. The van der Waals surface area contributed by atoms with Gasteiger partial charge in [0.25, 0.3) is 0 Å². The number of aliphatic carboxylic acids is 1. The number of rotatable bonds is 6. The van der Waals surface area contributed by atoms with Crippen LogP contribution in [0.3, 0.4) is 0 Å². The number of carboxylic acids is 1. The van der Waals surface area contributed by atoms with Crippen LogP contribution in [0.15, 0.2) is 0 Å². The lowest BCUT2D eigenvalue weighted by atomic mass is 9.90. The number of hydrogen-bond acceptors (Lipinski definition) is 3. The van der Waals surface area contributed by atoms with Crippen molar-refractivity contribution in [2.45, 2.75) is 51.5 Å². The average Bonchev–Trinajstić information content (AvgIpc) is 2.85. The second kappa shape index (κ2) is 6.18. The lowest BCUT2D eigenvalue weighted by Gasteiger charge is -2.32. The molecule has 104 valence electrons. The van der Waals surface area contributed by atoms with Crippen LogP contribution in [0.2, 0.25) is 0 Å². The fraction of sp³-hybridized carbons (Fsp3) is 0.846. The Labute approximate surface area is 108 Å². The van der Waals surface area contributed by atoms with E-state index >= 15 is 0 Å². The smallest absolute Gasteiger partial charge is 0.307 e. The van der Waals surface area contributed by atoms with Crippen LogP contribution in [-0.2, 0) is 9.59 Å². The molecule has 1 aliphatic carbocycles. The number of aliphatic hydroxyl groups excluding tert-OH is 1. The quantitative estimate of drug-likeness (QED) is 0.666. The van der Waals surface area contributed by atoms with E-state index in [9.17, 15) is 14.7 Å². The van der Waals surface area contributed by atoms with E-state index in [0.717, 1.165) is 6.42 Å². The minimum Gasteiger partial charge on any atom is -0.481 e. The summed E-state index contributed by atoms with van der Waals surface area (Å²) in [6.45, 7) is 3.70. The third kappa shape index (κ3) is 3.02. The molecule has 1 saturated carbocycles. The van der Waals surface area contributed by atoms with E-state index in [1.54, 1.807) is 0 Å². The average molecular weight is 257 g/mol. The Kier molecular flexibility index (Phi) is 5.14. The van der Waals surface area contributed by atoms with E-state index in [1.165, 1.54) is 0 Å². The number of amides is 1. The molecule has 0 radical (unpaired) electrons. The van der Waals surface area contributed by atoms with Gasteiger partial charge in [-0.15, -0.1) is 0 Å². The molecule has 0 aliphatic heterocycles. The number of carboxylic acid groups (broad SMARTS) is 1. The van der Waals surface area contributed by atoms with Crippen LogP contribution in [-0.4, -0.2) is 34.2 Å². The minimum atomic E-state index is -0.893. The lowest BCUT2D eigenvalue weighted by molar-refractivity contribution is -0.146. The Morgan fingerprint density at radius 3 is 2.22 bits per heavy atom. The second-order valence-electron chi connectivity index (χ2n) is 5.12. The molecule has 1 amide bonds. The van der Waals surface area contributed by atoms with Crippen molar-refractivity contribution in [3.8, 4) is 0 Å². The Morgan fingerprint density at radius 1 is 1.22 bits per heavy atom. The van der Waals surface area contributed by atoms with Gasteiger partial charge in [-0.25, -0.2) is 0 Å². The zero-order valence-corrected chi connectivity index (χ0v) is 11.1. The van der Waals surface area contributed by atoms with Crippen LogP contribution in [0.1, 0.15) is 46.0 Å². The Bertz CT molecular complexity index is 304. The van der Waals surface area contributed by atoms with E-state index in [0.29, 0.717) is 25.7 Å². The third-order valence-electron chi connectivity index (χ3n) is 4.21. The zero-order chi connectivity index (χ0) is 13.8. The van der Waals surface area contributed by atoms with Crippen molar-refractivity contribution in [1.82, 2.24) is 5.32 Å². The van der Waals surface area contributed by atoms with Crippen molar-refractivity contribution in [3.05, 3.63) is 0 Å². The molecule has 1 fully saturated rings. The number of carbonyl (C=O) groups is 2. The molecule has 0 aromatic rings. The van der Waals surface area contributed by atoms with Gasteiger partial charge >= 0.3 is 5.97 Å². The molecule has 3 N–H and O–H groups in total. The summed E-state index contributed by atoms with van der Waals surface area (Å²) in [5.74, 6) is -2.14. The van der Waals surface area contributed by atoms with Gasteiger partial charge in [-0.2, -0.15) is 0 Å². The van der Waals surface area contributed by atoms with Gasteiger partial charge in [0.15, 0.2) is 0 Å². The molecule has 1 aliphatic rings. The molecular formula is C13H23NO4. The van der Waals surface area contributed by atoms with Crippen molar-refractivity contribution < 1.29 is 19.8 Å². The van der Waals surface area contributed by atoms with Crippen LogP contribution in [0.5, 0.6) is 0 Å². The molecule has 0 aromatic carbocycles. The monoisotopic (exact) mass is 257 g/mol. The van der Waals surface area contributed by atoms with E-state index in [1.807, 2.05) is 13.8 Å². The first-order valence-electron chi connectivity index (χ1n) is 6.65. The van der Waals surface area contributed by atoms with Gasteiger partial charge in [0, 0.05) is 0 Å². The Morgan fingerprint density at radius 2 is 1.78 bits per heavy atom. The van der Waals surface area contributed by atoms with Crippen LogP contribution >= 0.6 is 0 Å². The molecule has 0 spiro atoms. The molecule has 5 nitrogen and oxygen atoms in total. The number of hydrogen-bond donors (Lipinski definition) is 3. The summed E-state index contributed by atoms with van der Waals surface area (Å²) in [6.07, 6.45) is 3.24. The summed E-state index contributed by atoms with van der Waals surface area (Å²) >= 11 is 0. The Hall–Kier alpha value is -1.10. The highest BCUT2D eigenvalue weighted by Gasteiger charge is 2.40. The summed E-state index contributed by atoms with van der Waals surface area (Å²) in [5.41, 5.74) is -0.608. The van der Waals surface area contributed by atoms with Crippen LogP contribution in [0.25, 0.3) is 0 Å². The Balaban J connectivity index is 2.72. The molecule has 1 rings (SSSR count). The van der Waals surface area contributed by atoms with E-state index < -0.39 is 23.3 Å². The van der Waals surface area contributed by atoms with Crippen LogP contribution in [0, 0.1) is 11.8 Å². The largest absolute Gasteiger partial charge is 0.481 e. The normalized spacial score (nSPS) is 23.9. The molecule has 18 heavy (non-hydrogen) atoms. The molecule has 0 unspecified atom stereocenters. The molecule has 5 heteroatoms. The molecule has 2 atom stereocenters. The number of carbonyl (C=O) groups excluding carboxylic acids is 1. The first-order valence-corrected chi connectivity index (χ1v) is 6.65. The SMILES string of the molecule is CCC(CC)(CO)NC(=O)[C@@H]1CCC[C@@H]1C(=O)O. The highest BCUT2D eigenvalue weighted by Crippen LogP contribution is 2.32. The first-order chi connectivity index (χ1) is 8.49. The maximum absolute atomic E-state index is 12.2. The summed E-state index contributed by atoms with van der Waals surface area (Å²) in [4.78, 5) is 23.2. The molecule has 0 heterocycles. The third-order valence-corrected chi connectivity index (χ3v) is 4.21. The fourth-order valence-corrected chi connectivity index (χ4v) is 2.61. The number of nitrogens with one attached hydrogen (secondary N) is 1. The maximum Gasteiger partial charge on any atom is 0.307 e. The van der Waals surface area contributed by atoms with Gasteiger partial charge in [0.05, 0.1) is 24.0 Å². The van der Waals surface area contributed by atoms with Gasteiger partial charge in [-0.1, -0.05) is 20.3 Å². The standard InChI is InChI=1S/C13H23NO4/c1-3-13(4-2,8-15)14-11(16)9-6-5-7-10(9)12(17)18/h9-10,15H,3-8H2,1-2H3,(H,14,16)(H,17,18)/t9-,10+/m1/s1. The first kappa shape index (κ1) is 15.0.